The quantitative estimate of drug-likeness (QED) is 0.670. The monoisotopic (exact) mass is 384 g/mol. The van der Waals surface area contributed by atoms with E-state index >= 15 is 0 Å². The predicted octanol–water partition coefficient (Wildman–Crippen LogP) is 4.00. The molecule has 3 aromatic rings. The maximum atomic E-state index is 12.8. The van der Waals surface area contributed by atoms with Crippen LogP contribution in [-0.4, -0.2) is 17.4 Å². The molecule has 0 saturated carbocycles. The molecule has 0 fully saturated rings. The number of rotatable bonds is 2. The second-order valence-corrected chi connectivity index (χ2v) is 7.61. The van der Waals surface area contributed by atoms with Crippen molar-refractivity contribution in [3.05, 3.63) is 57.8 Å². The van der Waals surface area contributed by atoms with E-state index in [1.165, 1.54) is 12.4 Å². The standard InChI is InChI=1S/C14H10BrClN2O2S/c1-9-6-10(15)14(7-11(9)16)21(19,20)18-8-17-12-4-2-3-5-13(12)18/h2-8H,1H3. The van der Waals surface area contributed by atoms with Gasteiger partial charge in [0.25, 0.3) is 10.0 Å². The van der Waals surface area contributed by atoms with E-state index in [-0.39, 0.29) is 4.90 Å². The minimum Gasteiger partial charge on any atom is -0.236 e. The molecule has 0 N–H and O–H groups in total. The Morgan fingerprint density at radius 3 is 2.71 bits per heavy atom. The van der Waals surface area contributed by atoms with Gasteiger partial charge in [0.1, 0.15) is 11.2 Å². The maximum absolute atomic E-state index is 12.8. The summed E-state index contributed by atoms with van der Waals surface area (Å²) in [6, 6.07) is 10.2. The highest BCUT2D eigenvalue weighted by atomic mass is 79.9. The van der Waals surface area contributed by atoms with Gasteiger partial charge in [0.15, 0.2) is 0 Å². The lowest BCUT2D eigenvalue weighted by molar-refractivity contribution is 0.588. The highest BCUT2D eigenvalue weighted by molar-refractivity contribution is 9.10. The molecule has 0 spiro atoms. The zero-order chi connectivity index (χ0) is 15.2. The largest absolute Gasteiger partial charge is 0.270 e. The Kier molecular flexibility index (Phi) is 3.55. The highest BCUT2D eigenvalue weighted by Gasteiger charge is 2.23. The minimum absolute atomic E-state index is 0.112. The van der Waals surface area contributed by atoms with Crippen molar-refractivity contribution < 1.29 is 8.42 Å². The molecule has 7 heteroatoms. The van der Waals surface area contributed by atoms with Crippen LogP contribution < -0.4 is 0 Å². The molecular formula is C14H10BrClN2O2S. The molecule has 0 aliphatic rings. The second-order valence-electron chi connectivity index (χ2n) is 4.57. The summed E-state index contributed by atoms with van der Waals surface area (Å²) < 4.78 is 27.3. The molecule has 0 amide bonds. The summed E-state index contributed by atoms with van der Waals surface area (Å²) in [6.07, 6.45) is 1.31. The third kappa shape index (κ3) is 2.37. The Balaban J connectivity index is 2.29. The lowest BCUT2D eigenvalue weighted by Crippen LogP contribution is -2.12. The van der Waals surface area contributed by atoms with Crippen molar-refractivity contribution in [2.45, 2.75) is 11.8 Å². The number of imidazole rings is 1. The smallest absolute Gasteiger partial charge is 0.236 e. The summed E-state index contributed by atoms with van der Waals surface area (Å²) in [4.78, 5) is 4.23. The Labute approximate surface area is 135 Å². The molecule has 4 nitrogen and oxygen atoms in total. The molecule has 0 bridgehead atoms. The number of benzene rings is 2. The van der Waals surface area contributed by atoms with E-state index in [2.05, 4.69) is 20.9 Å². The summed E-state index contributed by atoms with van der Waals surface area (Å²) in [5.41, 5.74) is 1.95. The molecule has 0 aliphatic heterocycles. The molecule has 0 saturated heterocycles. The third-order valence-electron chi connectivity index (χ3n) is 3.17. The van der Waals surface area contributed by atoms with Crippen molar-refractivity contribution in [2.75, 3.05) is 0 Å². The van der Waals surface area contributed by atoms with Crippen LogP contribution in [-0.2, 0) is 10.0 Å². The molecule has 108 valence electrons. The van der Waals surface area contributed by atoms with Gasteiger partial charge in [-0.25, -0.2) is 17.4 Å². The van der Waals surface area contributed by atoms with Crippen LogP contribution in [0.25, 0.3) is 11.0 Å². The first-order valence-corrected chi connectivity index (χ1v) is 8.65. The van der Waals surface area contributed by atoms with E-state index < -0.39 is 10.0 Å². The number of aromatic nitrogens is 2. The number of fused-ring (bicyclic) bond motifs is 1. The van der Waals surface area contributed by atoms with Crippen LogP contribution in [0.4, 0.5) is 0 Å². The Morgan fingerprint density at radius 1 is 1.24 bits per heavy atom. The van der Waals surface area contributed by atoms with Crippen LogP contribution in [0.15, 0.2) is 52.1 Å². The fraction of sp³-hybridized carbons (Fsp3) is 0.0714. The van der Waals surface area contributed by atoms with Crippen molar-refractivity contribution in [3.63, 3.8) is 0 Å². The zero-order valence-corrected chi connectivity index (χ0v) is 14.1. The lowest BCUT2D eigenvalue weighted by atomic mass is 10.2. The van der Waals surface area contributed by atoms with Gasteiger partial charge in [-0.15, -0.1) is 0 Å². The second kappa shape index (κ2) is 5.12. The van der Waals surface area contributed by atoms with Crippen molar-refractivity contribution in [3.8, 4) is 0 Å². The topological polar surface area (TPSA) is 52.0 Å². The number of halogens is 2. The molecule has 0 radical (unpaired) electrons. The van der Waals surface area contributed by atoms with Crippen molar-refractivity contribution in [1.29, 1.82) is 0 Å². The molecule has 1 heterocycles. The first-order chi connectivity index (χ1) is 9.91. The van der Waals surface area contributed by atoms with Crippen LogP contribution in [0, 0.1) is 6.92 Å². The SMILES string of the molecule is Cc1cc(Br)c(S(=O)(=O)n2cnc3ccccc32)cc1Cl. The van der Waals surface area contributed by atoms with Gasteiger partial charge in [0, 0.05) is 9.50 Å². The maximum Gasteiger partial charge on any atom is 0.270 e. The molecule has 1 aromatic heterocycles. The van der Waals surface area contributed by atoms with Gasteiger partial charge in [-0.2, -0.15) is 0 Å². The summed E-state index contributed by atoms with van der Waals surface area (Å²) in [7, 11) is -3.77. The normalized spacial score (nSPS) is 12.0. The highest BCUT2D eigenvalue weighted by Crippen LogP contribution is 2.31. The van der Waals surface area contributed by atoms with Crippen molar-refractivity contribution in [1.82, 2.24) is 8.96 Å². The Morgan fingerprint density at radius 2 is 1.95 bits per heavy atom. The third-order valence-corrected chi connectivity index (χ3v) is 6.20. The molecule has 0 atom stereocenters. The van der Waals surface area contributed by atoms with Gasteiger partial charge < -0.3 is 0 Å². The van der Waals surface area contributed by atoms with Gasteiger partial charge in [0.05, 0.1) is 11.0 Å². The van der Waals surface area contributed by atoms with Gasteiger partial charge in [0.2, 0.25) is 0 Å². The van der Waals surface area contributed by atoms with E-state index in [0.29, 0.717) is 20.5 Å². The van der Waals surface area contributed by atoms with Crippen molar-refractivity contribution in [2.24, 2.45) is 0 Å². The van der Waals surface area contributed by atoms with Crippen LogP contribution in [0.1, 0.15) is 5.56 Å². The van der Waals surface area contributed by atoms with Crippen LogP contribution >= 0.6 is 27.5 Å². The van der Waals surface area contributed by atoms with Gasteiger partial charge >= 0.3 is 0 Å². The van der Waals surface area contributed by atoms with Gasteiger partial charge in [-0.1, -0.05) is 23.7 Å². The number of para-hydroxylation sites is 2. The minimum atomic E-state index is -3.77. The van der Waals surface area contributed by atoms with Crippen LogP contribution in [0.2, 0.25) is 5.02 Å². The van der Waals surface area contributed by atoms with Gasteiger partial charge in [-0.05, 0) is 52.7 Å². The lowest BCUT2D eigenvalue weighted by Gasteiger charge is -2.10. The van der Waals surface area contributed by atoms with Crippen LogP contribution in [0.3, 0.4) is 0 Å². The van der Waals surface area contributed by atoms with E-state index in [0.717, 1.165) is 9.54 Å². The van der Waals surface area contributed by atoms with Crippen LogP contribution in [0.5, 0.6) is 0 Å². The average molecular weight is 386 g/mol. The molecule has 2 aromatic carbocycles. The average Bonchev–Trinajstić information content (AvgIpc) is 2.87. The summed E-state index contributed by atoms with van der Waals surface area (Å²) in [6.45, 7) is 1.82. The van der Waals surface area contributed by atoms with E-state index in [1.54, 1.807) is 24.3 Å². The number of hydrogen-bond acceptors (Lipinski definition) is 3. The molecule has 0 aliphatic carbocycles. The predicted molar refractivity (Wildman–Crippen MR) is 86.2 cm³/mol. The number of aryl methyl sites for hydroxylation is 1. The number of hydrogen-bond donors (Lipinski definition) is 0. The summed E-state index contributed by atoms with van der Waals surface area (Å²) >= 11 is 9.36. The zero-order valence-electron chi connectivity index (χ0n) is 10.9. The summed E-state index contributed by atoms with van der Waals surface area (Å²) in [5, 5.41) is 0.404. The fourth-order valence-corrected chi connectivity index (χ4v) is 4.73. The number of nitrogens with zero attached hydrogens (tertiary/aromatic N) is 2. The molecule has 0 unspecified atom stereocenters. The first kappa shape index (κ1) is 14.6. The molecule has 3 rings (SSSR count). The van der Waals surface area contributed by atoms with Crippen molar-refractivity contribution >= 4 is 48.6 Å². The molecular weight excluding hydrogens is 376 g/mol. The Hall–Kier alpha value is -1.37. The van der Waals surface area contributed by atoms with E-state index in [4.69, 9.17) is 11.6 Å². The molecule has 21 heavy (non-hydrogen) atoms. The van der Waals surface area contributed by atoms with Gasteiger partial charge in [-0.3, -0.25) is 0 Å². The first-order valence-electron chi connectivity index (χ1n) is 6.04. The summed E-state index contributed by atoms with van der Waals surface area (Å²) in [5.74, 6) is 0. The van der Waals surface area contributed by atoms with E-state index in [1.807, 2.05) is 13.0 Å². The fourth-order valence-electron chi connectivity index (χ4n) is 2.06. The van der Waals surface area contributed by atoms with E-state index in [9.17, 15) is 8.42 Å². The Bertz CT molecular complexity index is 951.